The van der Waals surface area contributed by atoms with Crippen molar-refractivity contribution in [2.75, 3.05) is 13.1 Å². The summed E-state index contributed by atoms with van der Waals surface area (Å²) in [5.74, 6) is 0. The van der Waals surface area contributed by atoms with Crippen molar-refractivity contribution in [2.45, 2.75) is 13.3 Å². The molecule has 1 aromatic heterocycles. The highest BCUT2D eigenvalue weighted by Gasteiger charge is 2.31. The van der Waals surface area contributed by atoms with E-state index in [9.17, 15) is 0 Å². The van der Waals surface area contributed by atoms with Crippen LogP contribution in [0.25, 0.3) is 15.8 Å². The molecule has 0 bridgehead atoms. The molecule has 0 aliphatic carbocycles. The quantitative estimate of drug-likeness (QED) is 0.813. The Morgan fingerprint density at radius 3 is 3.16 bits per heavy atom. The fourth-order valence-corrected chi connectivity index (χ4v) is 4.66. The van der Waals surface area contributed by atoms with Crippen molar-refractivity contribution in [1.82, 2.24) is 4.90 Å². The van der Waals surface area contributed by atoms with Gasteiger partial charge in [0.2, 0.25) is 0 Å². The summed E-state index contributed by atoms with van der Waals surface area (Å²) in [6.07, 6.45) is 1.08. The van der Waals surface area contributed by atoms with Crippen LogP contribution >= 0.6 is 23.1 Å². The summed E-state index contributed by atoms with van der Waals surface area (Å²) in [6.45, 7) is 4.20. The lowest BCUT2D eigenvalue weighted by Crippen LogP contribution is -2.19. The van der Waals surface area contributed by atoms with Gasteiger partial charge in [-0.3, -0.25) is 4.99 Å². The Hall–Kier alpha value is -1.26. The molecule has 19 heavy (non-hydrogen) atoms. The van der Waals surface area contributed by atoms with Crippen LogP contribution in [0.3, 0.4) is 0 Å². The van der Waals surface area contributed by atoms with Crippen molar-refractivity contribution in [1.29, 1.82) is 0 Å². The smallest absolute Gasteiger partial charge is 0.168 e. The number of allylic oxidation sites excluding steroid dienone is 1. The van der Waals surface area contributed by atoms with E-state index in [2.05, 4.69) is 46.5 Å². The van der Waals surface area contributed by atoms with Gasteiger partial charge in [-0.15, -0.1) is 11.3 Å². The van der Waals surface area contributed by atoms with Gasteiger partial charge in [0.05, 0.1) is 12.2 Å². The summed E-state index contributed by atoms with van der Waals surface area (Å²) in [5, 5.41) is 4.70. The zero-order chi connectivity index (χ0) is 12.8. The molecule has 0 radical (unpaired) electrons. The second-order valence-corrected chi connectivity index (χ2v) is 6.73. The first-order valence-corrected chi connectivity index (χ1v) is 8.27. The fraction of sp³-hybridized carbons (Fsp3) is 0.267. The number of benzene rings is 1. The van der Waals surface area contributed by atoms with Crippen molar-refractivity contribution < 1.29 is 0 Å². The Labute approximate surface area is 120 Å². The molecule has 0 unspecified atom stereocenters. The Balaban J connectivity index is 1.86. The first-order valence-electron chi connectivity index (χ1n) is 6.57. The van der Waals surface area contributed by atoms with Gasteiger partial charge in [0, 0.05) is 21.7 Å². The molecule has 0 N–H and O–H groups in total. The molecule has 4 rings (SSSR count). The van der Waals surface area contributed by atoms with Gasteiger partial charge in [0.1, 0.15) is 0 Å². The maximum Gasteiger partial charge on any atom is 0.168 e. The van der Waals surface area contributed by atoms with Crippen LogP contribution < -0.4 is 0 Å². The summed E-state index contributed by atoms with van der Waals surface area (Å²) in [6, 6.07) is 9.00. The molecule has 0 fully saturated rings. The van der Waals surface area contributed by atoms with Gasteiger partial charge in [-0.2, -0.15) is 0 Å². The Bertz CT molecular complexity index is 712. The van der Waals surface area contributed by atoms with E-state index in [1.54, 1.807) is 0 Å². The maximum atomic E-state index is 4.59. The van der Waals surface area contributed by atoms with Gasteiger partial charge < -0.3 is 4.90 Å². The molecular formula is C15H14N2S2. The van der Waals surface area contributed by atoms with Gasteiger partial charge in [-0.1, -0.05) is 30.8 Å². The molecule has 0 saturated heterocycles. The van der Waals surface area contributed by atoms with Crippen molar-refractivity contribution >= 4 is 44.0 Å². The highest BCUT2D eigenvalue weighted by molar-refractivity contribution is 8.17. The molecule has 0 saturated carbocycles. The van der Waals surface area contributed by atoms with Crippen LogP contribution in [0.2, 0.25) is 0 Å². The minimum absolute atomic E-state index is 0.935. The number of hydrogen-bond acceptors (Lipinski definition) is 4. The van der Waals surface area contributed by atoms with Crippen LogP contribution in [0.15, 0.2) is 39.5 Å². The van der Waals surface area contributed by atoms with Gasteiger partial charge in [-0.05, 0) is 29.3 Å². The summed E-state index contributed by atoms with van der Waals surface area (Å²) in [5.41, 5.74) is 2.73. The largest absolute Gasteiger partial charge is 0.318 e. The van der Waals surface area contributed by atoms with E-state index in [4.69, 9.17) is 0 Å². The molecule has 1 aromatic carbocycles. The lowest BCUT2D eigenvalue weighted by atomic mass is 10.1. The van der Waals surface area contributed by atoms with E-state index >= 15 is 0 Å². The summed E-state index contributed by atoms with van der Waals surface area (Å²) < 4.78 is 1.37. The average molecular weight is 286 g/mol. The normalized spacial score (nSPS) is 18.4. The van der Waals surface area contributed by atoms with E-state index in [0.717, 1.165) is 19.5 Å². The molecule has 2 aliphatic heterocycles. The van der Waals surface area contributed by atoms with Crippen molar-refractivity contribution in [3.63, 3.8) is 0 Å². The fourth-order valence-electron chi connectivity index (χ4n) is 2.69. The predicted molar refractivity (Wildman–Crippen MR) is 85.6 cm³/mol. The maximum absolute atomic E-state index is 4.59. The van der Waals surface area contributed by atoms with Crippen LogP contribution in [-0.4, -0.2) is 23.2 Å². The summed E-state index contributed by atoms with van der Waals surface area (Å²) in [7, 11) is 0. The highest BCUT2D eigenvalue weighted by atomic mass is 32.2. The standard InChI is InChI=1S/C15H14N2S2/c1-2-12-14(17-7-6-16-15(17)19-12)11-4-3-10-5-8-18-13(10)9-11/h3-5,8-9H,2,6-7H2,1H3. The number of aliphatic imine (C=N–C) groups is 1. The topological polar surface area (TPSA) is 15.6 Å². The number of amidine groups is 1. The lowest BCUT2D eigenvalue weighted by molar-refractivity contribution is 0.647. The molecule has 96 valence electrons. The van der Waals surface area contributed by atoms with Crippen LogP contribution in [-0.2, 0) is 0 Å². The van der Waals surface area contributed by atoms with E-state index in [-0.39, 0.29) is 0 Å². The van der Waals surface area contributed by atoms with E-state index in [1.165, 1.54) is 31.4 Å². The van der Waals surface area contributed by atoms with Crippen molar-refractivity contribution in [2.24, 2.45) is 4.99 Å². The predicted octanol–water partition coefficient (Wildman–Crippen LogP) is 4.40. The zero-order valence-corrected chi connectivity index (χ0v) is 12.4. The third-order valence-corrected chi connectivity index (χ3v) is 5.74. The number of thioether (sulfide) groups is 1. The molecule has 4 heteroatoms. The third-order valence-electron chi connectivity index (χ3n) is 3.60. The van der Waals surface area contributed by atoms with Crippen LogP contribution in [0.4, 0.5) is 0 Å². The van der Waals surface area contributed by atoms with Gasteiger partial charge in [0.15, 0.2) is 5.17 Å². The summed E-state index contributed by atoms with van der Waals surface area (Å²) >= 11 is 3.67. The zero-order valence-electron chi connectivity index (χ0n) is 10.7. The number of rotatable bonds is 2. The SMILES string of the molecule is CCC1=C(c2ccc3ccsc3c2)N2CCN=C2S1. The van der Waals surface area contributed by atoms with Gasteiger partial charge >= 0.3 is 0 Å². The average Bonchev–Trinajstić information content (AvgIpc) is 3.11. The van der Waals surface area contributed by atoms with Crippen molar-refractivity contribution in [3.05, 3.63) is 40.1 Å². The highest BCUT2D eigenvalue weighted by Crippen LogP contribution is 2.43. The first kappa shape index (κ1) is 11.6. The summed E-state index contributed by atoms with van der Waals surface area (Å²) in [4.78, 5) is 8.43. The monoisotopic (exact) mass is 286 g/mol. The second-order valence-electron chi connectivity index (χ2n) is 4.72. The van der Waals surface area contributed by atoms with Crippen LogP contribution in [0.5, 0.6) is 0 Å². The molecule has 3 heterocycles. The molecular weight excluding hydrogens is 272 g/mol. The van der Waals surface area contributed by atoms with Crippen LogP contribution in [0, 0.1) is 0 Å². The molecule has 2 aromatic rings. The van der Waals surface area contributed by atoms with E-state index in [1.807, 2.05) is 23.1 Å². The minimum Gasteiger partial charge on any atom is -0.318 e. The Morgan fingerprint density at radius 2 is 2.26 bits per heavy atom. The number of nitrogens with zero attached hydrogens (tertiary/aromatic N) is 2. The minimum atomic E-state index is 0.935. The second kappa shape index (κ2) is 4.39. The third kappa shape index (κ3) is 1.74. The Kier molecular flexibility index (Phi) is 2.67. The van der Waals surface area contributed by atoms with Gasteiger partial charge in [-0.25, -0.2) is 0 Å². The molecule has 0 atom stereocenters. The lowest BCUT2D eigenvalue weighted by Gasteiger charge is -2.17. The molecule has 2 aliphatic rings. The molecule has 2 nitrogen and oxygen atoms in total. The number of thiophene rings is 1. The molecule has 0 amide bonds. The first-order chi connectivity index (χ1) is 9.36. The number of hydrogen-bond donors (Lipinski definition) is 0. The Morgan fingerprint density at radius 1 is 1.32 bits per heavy atom. The van der Waals surface area contributed by atoms with Crippen LogP contribution in [0.1, 0.15) is 18.9 Å². The molecule has 0 spiro atoms. The van der Waals surface area contributed by atoms with Crippen molar-refractivity contribution in [3.8, 4) is 0 Å². The van der Waals surface area contributed by atoms with E-state index in [0.29, 0.717) is 0 Å². The van der Waals surface area contributed by atoms with E-state index < -0.39 is 0 Å². The number of fused-ring (bicyclic) bond motifs is 2. The van der Waals surface area contributed by atoms with Gasteiger partial charge in [0.25, 0.3) is 0 Å².